The number of urea groups is 1. The predicted octanol–water partition coefficient (Wildman–Crippen LogP) is 4.30. The molecule has 0 unspecified atom stereocenters. The molecule has 1 atom stereocenters. The molecule has 2 aromatic rings. The van der Waals surface area contributed by atoms with Crippen molar-refractivity contribution in [1.82, 2.24) is 19.9 Å². The molecule has 186 valence electrons. The largest absolute Gasteiger partial charge is 0.368 e. The zero-order valence-corrected chi connectivity index (χ0v) is 21.6. The van der Waals surface area contributed by atoms with Crippen LogP contribution in [0.2, 0.25) is 0 Å². The minimum absolute atomic E-state index is 0.377. The summed E-state index contributed by atoms with van der Waals surface area (Å²) in [6.45, 7) is 13.3. The van der Waals surface area contributed by atoms with Gasteiger partial charge < -0.3 is 15.5 Å². The summed E-state index contributed by atoms with van der Waals surface area (Å²) in [5.74, 6) is 0.120. The minimum atomic E-state index is -0.988. The minimum Gasteiger partial charge on any atom is -0.368 e. The highest BCUT2D eigenvalue weighted by Crippen LogP contribution is 2.34. The third-order valence-corrected chi connectivity index (χ3v) is 7.13. The van der Waals surface area contributed by atoms with Crippen LogP contribution in [0.4, 0.5) is 15.9 Å². The SMILES string of the molecule is C=C/C=C\C=C(/C)CN(CC)c1nccc(-c2sc(NC(=O)N3CCC[C@@]3(C)C(N)=O)nc2C)n1. The van der Waals surface area contributed by atoms with Crippen molar-refractivity contribution in [2.45, 2.75) is 46.1 Å². The van der Waals surface area contributed by atoms with Crippen molar-refractivity contribution in [3.8, 4) is 10.6 Å². The summed E-state index contributed by atoms with van der Waals surface area (Å²) >= 11 is 1.34. The number of anilines is 2. The average molecular weight is 496 g/mol. The van der Waals surface area contributed by atoms with Gasteiger partial charge in [0, 0.05) is 25.8 Å². The summed E-state index contributed by atoms with van der Waals surface area (Å²) < 4.78 is 0. The van der Waals surface area contributed by atoms with Crippen molar-refractivity contribution in [2.24, 2.45) is 5.73 Å². The number of hydrogen-bond acceptors (Lipinski definition) is 7. The fourth-order valence-corrected chi connectivity index (χ4v) is 4.92. The smallest absolute Gasteiger partial charge is 0.324 e. The summed E-state index contributed by atoms with van der Waals surface area (Å²) in [4.78, 5) is 43.0. The van der Waals surface area contributed by atoms with E-state index in [1.807, 2.05) is 31.2 Å². The van der Waals surface area contributed by atoms with Crippen molar-refractivity contribution < 1.29 is 9.59 Å². The normalized spacial score (nSPS) is 18.2. The van der Waals surface area contributed by atoms with E-state index in [-0.39, 0.29) is 6.03 Å². The Morgan fingerprint density at radius 3 is 2.83 bits per heavy atom. The maximum absolute atomic E-state index is 12.9. The second kappa shape index (κ2) is 11.3. The van der Waals surface area contributed by atoms with Crippen LogP contribution in [0, 0.1) is 6.92 Å². The van der Waals surface area contributed by atoms with Gasteiger partial charge in [-0.25, -0.2) is 19.7 Å². The van der Waals surface area contributed by atoms with Gasteiger partial charge in [-0.1, -0.05) is 47.8 Å². The van der Waals surface area contributed by atoms with Crippen molar-refractivity contribution in [3.05, 3.63) is 54.4 Å². The Balaban J connectivity index is 1.79. The van der Waals surface area contributed by atoms with E-state index in [9.17, 15) is 9.59 Å². The van der Waals surface area contributed by atoms with Gasteiger partial charge in [0.2, 0.25) is 11.9 Å². The van der Waals surface area contributed by atoms with E-state index in [1.54, 1.807) is 19.2 Å². The van der Waals surface area contributed by atoms with Gasteiger partial charge in [0.05, 0.1) is 16.3 Å². The Morgan fingerprint density at radius 2 is 2.14 bits per heavy atom. The molecule has 1 fully saturated rings. The van der Waals surface area contributed by atoms with Crippen LogP contribution in [0.1, 0.15) is 39.3 Å². The van der Waals surface area contributed by atoms with E-state index >= 15 is 0 Å². The molecule has 0 bridgehead atoms. The quantitative estimate of drug-likeness (QED) is 0.501. The van der Waals surface area contributed by atoms with Gasteiger partial charge in [-0.05, 0) is 46.6 Å². The van der Waals surface area contributed by atoms with Crippen LogP contribution in [0.15, 0.2) is 48.7 Å². The molecule has 1 aliphatic heterocycles. The molecule has 0 saturated carbocycles. The predicted molar refractivity (Wildman–Crippen MR) is 141 cm³/mol. The number of carbonyl (C=O) groups is 2. The number of likely N-dealkylation sites (tertiary alicyclic amines) is 1. The lowest BCUT2D eigenvalue weighted by Crippen LogP contribution is -2.55. The number of hydrogen-bond donors (Lipinski definition) is 2. The first-order chi connectivity index (χ1) is 16.7. The zero-order valence-electron chi connectivity index (χ0n) is 20.7. The second-order valence-corrected chi connectivity index (χ2v) is 9.65. The third-order valence-electron chi connectivity index (χ3n) is 6.04. The van der Waals surface area contributed by atoms with Crippen LogP contribution >= 0.6 is 11.3 Å². The molecule has 0 spiro atoms. The summed E-state index contributed by atoms with van der Waals surface area (Å²) in [7, 11) is 0. The van der Waals surface area contributed by atoms with Gasteiger partial charge in [-0.2, -0.15) is 0 Å². The van der Waals surface area contributed by atoms with E-state index in [0.29, 0.717) is 30.6 Å². The second-order valence-electron chi connectivity index (χ2n) is 8.65. The number of aryl methyl sites for hydroxylation is 1. The van der Waals surface area contributed by atoms with Crippen molar-refractivity contribution in [1.29, 1.82) is 0 Å². The van der Waals surface area contributed by atoms with Gasteiger partial charge in [-0.15, -0.1) is 0 Å². The van der Waals surface area contributed by atoms with Crippen LogP contribution in [0.3, 0.4) is 0 Å². The molecule has 0 radical (unpaired) electrons. The van der Waals surface area contributed by atoms with E-state index in [1.165, 1.54) is 21.8 Å². The van der Waals surface area contributed by atoms with Gasteiger partial charge in [0.25, 0.3) is 0 Å². The topological polar surface area (TPSA) is 117 Å². The van der Waals surface area contributed by atoms with Crippen LogP contribution in [0.25, 0.3) is 10.6 Å². The highest BCUT2D eigenvalue weighted by Gasteiger charge is 2.44. The number of nitrogens with zero attached hydrogens (tertiary/aromatic N) is 5. The Morgan fingerprint density at radius 1 is 1.37 bits per heavy atom. The first kappa shape index (κ1) is 26.1. The first-order valence-electron chi connectivity index (χ1n) is 11.6. The third kappa shape index (κ3) is 5.94. The fraction of sp³-hybridized carbons (Fsp3) is 0.400. The Kier molecular flexibility index (Phi) is 8.39. The van der Waals surface area contributed by atoms with E-state index in [4.69, 9.17) is 10.7 Å². The number of likely N-dealkylation sites (N-methyl/N-ethyl adjacent to an activating group) is 1. The number of thiazole rings is 1. The van der Waals surface area contributed by atoms with Gasteiger partial charge in [-0.3, -0.25) is 10.1 Å². The molecular weight excluding hydrogens is 462 g/mol. The Hall–Kier alpha value is -3.53. The van der Waals surface area contributed by atoms with Gasteiger partial charge >= 0.3 is 6.03 Å². The molecule has 9 nitrogen and oxygen atoms in total. The lowest BCUT2D eigenvalue weighted by atomic mass is 9.98. The number of rotatable bonds is 9. The van der Waals surface area contributed by atoms with Gasteiger partial charge in [0.1, 0.15) is 5.54 Å². The van der Waals surface area contributed by atoms with E-state index < -0.39 is 11.4 Å². The van der Waals surface area contributed by atoms with Crippen molar-refractivity contribution in [2.75, 3.05) is 29.9 Å². The fourth-order valence-electron chi connectivity index (χ4n) is 3.99. The molecule has 1 saturated heterocycles. The number of amides is 3. The molecule has 0 aromatic carbocycles. The van der Waals surface area contributed by atoms with Crippen molar-refractivity contribution in [3.63, 3.8) is 0 Å². The Bertz CT molecular complexity index is 1160. The molecule has 3 heterocycles. The first-order valence-corrected chi connectivity index (χ1v) is 12.4. The number of nitrogens with one attached hydrogen (secondary N) is 1. The van der Waals surface area contributed by atoms with Crippen LogP contribution in [-0.4, -0.2) is 57.0 Å². The molecule has 10 heteroatoms. The molecule has 1 aliphatic rings. The maximum atomic E-state index is 12.9. The average Bonchev–Trinajstić information content (AvgIpc) is 3.40. The monoisotopic (exact) mass is 495 g/mol. The molecule has 3 amide bonds. The van der Waals surface area contributed by atoms with E-state index in [2.05, 4.69) is 40.6 Å². The summed E-state index contributed by atoms with van der Waals surface area (Å²) in [6, 6.07) is 1.46. The highest BCUT2D eigenvalue weighted by atomic mass is 32.1. The highest BCUT2D eigenvalue weighted by molar-refractivity contribution is 7.19. The number of nitrogens with two attached hydrogens (primary N) is 1. The lowest BCUT2D eigenvalue weighted by molar-refractivity contribution is -0.126. The molecule has 3 N–H and O–H groups in total. The number of allylic oxidation sites excluding steroid dienone is 4. The lowest BCUT2D eigenvalue weighted by Gasteiger charge is -2.31. The standard InChI is InChI=1S/C25H33N7O2S/c1-6-8-9-11-17(3)16-31(7-2)22-27-14-12-19(29-22)20-18(4)28-23(35-20)30-24(34)32-15-10-13-25(32,5)21(26)33/h6,8-9,11-12,14H,1,7,10,13,15-16H2,2-5H3,(H2,26,33)(H,28,30,34)/b9-8-,17-11+/t25-/m0/s1. The van der Waals surface area contributed by atoms with Crippen LogP contribution in [-0.2, 0) is 4.79 Å². The van der Waals surface area contributed by atoms with Crippen LogP contribution in [0.5, 0.6) is 0 Å². The molecule has 0 aliphatic carbocycles. The zero-order chi connectivity index (χ0) is 25.6. The van der Waals surface area contributed by atoms with E-state index in [0.717, 1.165) is 29.2 Å². The van der Waals surface area contributed by atoms with Crippen LogP contribution < -0.4 is 16.0 Å². The maximum Gasteiger partial charge on any atom is 0.324 e. The summed E-state index contributed by atoms with van der Waals surface area (Å²) in [6.07, 6.45) is 10.6. The summed E-state index contributed by atoms with van der Waals surface area (Å²) in [5, 5.41) is 3.28. The number of carbonyl (C=O) groups excluding carboxylic acids is 2. The number of aromatic nitrogens is 3. The molecular formula is C25H33N7O2S. The number of primary amides is 1. The molecule has 35 heavy (non-hydrogen) atoms. The van der Waals surface area contributed by atoms with Gasteiger partial charge in [0.15, 0.2) is 5.13 Å². The molecule has 2 aromatic heterocycles. The summed E-state index contributed by atoms with van der Waals surface area (Å²) in [5.41, 5.74) is 7.24. The Labute approximate surface area is 210 Å². The van der Waals surface area contributed by atoms with Crippen molar-refractivity contribution >= 4 is 34.4 Å². The molecule has 3 rings (SSSR count).